The minimum absolute atomic E-state index is 0.109. The second-order valence-electron chi connectivity index (χ2n) is 7.03. The van der Waals surface area contributed by atoms with Gasteiger partial charge in [0.05, 0.1) is 0 Å². The molecule has 0 spiro atoms. The summed E-state index contributed by atoms with van der Waals surface area (Å²) in [5.41, 5.74) is 0.109. The molecule has 0 aliphatic heterocycles. The summed E-state index contributed by atoms with van der Waals surface area (Å²) in [4.78, 5) is 0. The maximum absolute atomic E-state index is 10.7. The molecule has 1 N–H and O–H groups in total. The molecular weight excluding hydrogens is 234 g/mol. The third kappa shape index (κ3) is 1.89. The van der Waals surface area contributed by atoms with Crippen LogP contribution in [0.5, 0.6) is 0 Å². The first-order chi connectivity index (χ1) is 9.23. The van der Waals surface area contributed by atoms with Crippen molar-refractivity contribution in [1.82, 2.24) is 0 Å². The van der Waals surface area contributed by atoms with Gasteiger partial charge in [0.2, 0.25) is 6.20 Å². The molecule has 4 aliphatic carbocycles. The zero-order valence-electron chi connectivity index (χ0n) is 11.3. The van der Waals surface area contributed by atoms with Crippen molar-refractivity contribution in [2.75, 3.05) is 0 Å². The van der Waals surface area contributed by atoms with Crippen LogP contribution in [0.25, 0.3) is 6.20 Å². The van der Waals surface area contributed by atoms with Gasteiger partial charge >= 0.3 is 0 Å². The molecule has 4 saturated carbocycles. The summed E-state index contributed by atoms with van der Waals surface area (Å²) in [6.45, 7) is 0. The standard InChI is InChI=1S/C17H21NO/c19-16(12-18-4-2-1-3-5-18)17-9-13-6-14(10-17)8-15(7-13)11-17/h1-5,12-15H,6-11H2/p+1/b16-12-. The van der Waals surface area contributed by atoms with Crippen molar-refractivity contribution in [2.24, 2.45) is 23.2 Å². The van der Waals surface area contributed by atoms with Crippen molar-refractivity contribution >= 4 is 6.20 Å². The quantitative estimate of drug-likeness (QED) is 0.635. The fourth-order valence-corrected chi connectivity index (χ4v) is 5.20. The molecular formula is C17H22NO+. The Bertz CT molecular complexity index is 470. The van der Waals surface area contributed by atoms with Gasteiger partial charge in [0.1, 0.15) is 0 Å². The maximum atomic E-state index is 10.7. The first-order valence-corrected chi connectivity index (χ1v) is 7.61. The molecule has 1 aromatic heterocycles. The topological polar surface area (TPSA) is 24.1 Å². The number of rotatable bonds is 2. The molecule has 2 nitrogen and oxygen atoms in total. The van der Waals surface area contributed by atoms with Gasteiger partial charge in [-0.15, -0.1) is 0 Å². The van der Waals surface area contributed by atoms with E-state index in [4.69, 9.17) is 0 Å². The Kier molecular flexibility index (Phi) is 2.48. The monoisotopic (exact) mass is 256 g/mol. The highest BCUT2D eigenvalue weighted by Crippen LogP contribution is 2.62. The summed E-state index contributed by atoms with van der Waals surface area (Å²) < 4.78 is 1.98. The van der Waals surface area contributed by atoms with Crippen LogP contribution in [0.3, 0.4) is 0 Å². The minimum Gasteiger partial charge on any atom is -0.506 e. The van der Waals surface area contributed by atoms with E-state index in [1.807, 2.05) is 41.4 Å². The van der Waals surface area contributed by atoms with E-state index in [2.05, 4.69) is 0 Å². The molecule has 100 valence electrons. The summed E-state index contributed by atoms with van der Waals surface area (Å²) in [5.74, 6) is 3.26. The Morgan fingerprint density at radius 1 is 0.947 bits per heavy atom. The summed E-state index contributed by atoms with van der Waals surface area (Å²) in [6, 6.07) is 6.01. The molecule has 0 saturated heterocycles. The number of aliphatic hydroxyl groups excluding tert-OH is 1. The van der Waals surface area contributed by atoms with Crippen LogP contribution in [0.15, 0.2) is 36.4 Å². The van der Waals surface area contributed by atoms with Crippen molar-refractivity contribution in [3.05, 3.63) is 36.4 Å². The Balaban J connectivity index is 1.66. The Morgan fingerprint density at radius 2 is 1.47 bits per heavy atom. The molecule has 0 amide bonds. The molecule has 1 heterocycles. The lowest BCUT2D eigenvalue weighted by Crippen LogP contribution is -2.47. The van der Waals surface area contributed by atoms with Gasteiger partial charge in [-0.25, -0.2) is 0 Å². The van der Waals surface area contributed by atoms with Gasteiger partial charge in [-0.2, -0.15) is 4.57 Å². The average Bonchev–Trinajstić information content (AvgIpc) is 2.38. The van der Waals surface area contributed by atoms with Gasteiger partial charge in [-0.1, -0.05) is 6.07 Å². The van der Waals surface area contributed by atoms with Gasteiger partial charge in [-0.05, 0) is 56.3 Å². The number of aromatic nitrogens is 1. The lowest BCUT2D eigenvalue weighted by atomic mass is 9.49. The minimum atomic E-state index is 0.109. The number of nitrogens with zero attached hydrogens (tertiary/aromatic N) is 1. The predicted octanol–water partition coefficient (Wildman–Crippen LogP) is 3.55. The van der Waals surface area contributed by atoms with Crippen molar-refractivity contribution in [3.63, 3.8) is 0 Å². The van der Waals surface area contributed by atoms with Gasteiger partial charge < -0.3 is 5.11 Å². The van der Waals surface area contributed by atoms with Gasteiger partial charge in [0, 0.05) is 17.5 Å². The third-order valence-electron chi connectivity index (χ3n) is 5.59. The van der Waals surface area contributed by atoms with Crippen molar-refractivity contribution in [1.29, 1.82) is 0 Å². The van der Waals surface area contributed by atoms with Crippen LogP contribution in [0.4, 0.5) is 0 Å². The first-order valence-electron chi connectivity index (χ1n) is 7.61. The number of pyridine rings is 1. The molecule has 4 aliphatic rings. The average molecular weight is 256 g/mol. The largest absolute Gasteiger partial charge is 0.506 e. The summed E-state index contributed by atoms with van der Waals surface area (Å²) in [6.07, 6.45) is 13.8. The lowest BCUT2D eigenvalue weighted by molar-refractivity contribution is -0.570. The maximum Gasteiger partial charge on any atom is 0.212 e. The zero-order valence-corrected chi connectivity index (χ0v) is 11.3. The van der Waals surface area contributed by atoms with Crippen LogP contribution in [-0.2, 0) is 0 Å². The number of hydrogen-bond acceptors (Lipinski definition) is 1. The highest BCUT2D eigenvalue weighted by atomic mass is 16.3. The third-order valence-corrected chi connectivity index (χ3v) is 5.59. The van der Waals surface area contributed by atoms with E-state index in [9.17, 15) is 5.11 Å². The van der Waals surface area contributed by atoms with Crippen molar-refractivity contribution in [3.8, 4) is 0 Å². The fraction of sp³-hybridized carbons (Fsp3) is 0.588. The van der Waals surface area contributed by atoms with Crippen molar-refractivity contribution < 1.29 is 9.67 Å². The molecule has 0 unspecified atom stereocenters. The van der Waals surface area contributed by atoms with E-state index in [1.165, 1.54) is 38.5 Å². The SMILES string of the molecule is O/C(=C\[n+]1ccccc1)C12CC3CC(CC(C3)C1)C2. The van der Waals surface area contributed by atoms with Gasteiger partial charge in [-0.3, -0.25) is 0 Å². The number of hydrogen-bond donors (Lipinski definition) is 1. The molecule has 2 heteroatoms. The number of allylic oxidation sites excluding steroid dienone is 1. The first kappa shape index (κ1) is 11.5. The van der Waals surface area contributed by atoms with Gasteiger partial charge in [0.15, 0.2) is 18.2 Å². The second-order valence-corrected chi connectivity index (χ2v) is 7.03. The van der Waals surface area contributed by atoms with E-state index in [-0.39, 0.29) is 5.41 Å². The van der Waals surface area contributed by atoms with Crippen LogP contribution in [0.1, 0.15) is 38.5 Å². The van der Waals surface area contributed by atoms with Gasteiger partial charge in [0.25, 0.3) is 0 Å². The summed E-state index contributed by atoms with van der Waals surface area (Å²) in [5, 5.41) is 10.7. The molecule has 4 fully saturated rings. The van der Waals surface area contributed by atoms with Crippen LogP contribution < -0.4 is 4.57 Å². The normalized spacial score (nSPS) is 40.6. The Hall–Kier alpha value is -1.31. The van der Waals surface area contributed by atoms with Crippen LogP contribution >= 0.6 is 0 Å². The van der Waals surface area contributed by atoms with E-state index in [0.717, 1.165) is 17.8 Å². The summed E-state index contributed by atoms with van der Waals surface area (Å²) >= 11 is 0. The molecule has 0 radical (unpaired) electrons. The smallest absolute Gasteiger partial charge is 0.212 e. The predicted molar refractivity (Wildman–Crippen MR) is 74.1 cm³/mol. The highest BCUT2D eigenvalue weighted by molar-refractivity contribution is 5.24. The summed E-state index contributed by atoms with van der Waals surface area (Å²) in [7, 11) is 0. The zero-order chi connectivity index (χ0) is 12.9. The molecule has 5 rings (SSSR count). The second kappa shape index (κ2) is 4.09. The molecule has 0 aromatic carbocycles. The van der Waals surface area contributed by atoms with Crippen LogP contribution in [0, 0.1) is 23.2 Å². The van der Waals surface area contributed by atoms with Crippen LogP contribution in [0.2, 0.25) is 0 Å². The van der Waals surface area contributed by atoms with E-state index < -0.39 is 0 Å². The van der Waals surface area contributed by atoms with Crippen molar-refractivity contribution in [2.45, 2.75) is 38.5 Å². The van der Waals surface area contributed by atoms with E-state index in [1.54, 1.807) is 0 Å². The number of aliphatic hydroxyl groups is 1. The Morgan fingerprint density at radius 3 is 2.00 bits per heavy atom. The lowest BCUT2D eigenvalue weighted by Gasteiger charge is -2.55. The fourth-order valence-electron chi connectivity index (χ4n) is 5.20. The molecule has 4 bridgehead atoms. The van der Waals surface area contributed by atoms with E-state index in [0.29, 0.717) is 5.76 Å². The highest BCUT2D eigenvalue weighted by Gasteiger charge is 2.53. The molecule has 0 atom stereocenters. The van der Waals surface area contributed by atoms with E-state index >= 15 is 0 Å². The molecule has 19 heavy (non-hydrogen) atoms. The molecule has 1 aromatic rings. The van der Waals surface area contributed by atoms with Crippen LogP contribution in [-0.4, -0.2) is 5.11 Å². The Labute approximate surface area is 114 Å².